The number of carbonyl (C=O) groups is 7. The predicted octanol–water partition coefficient (Wildman–Crippen LogP) is 2.22. The summed E-state index contributed by atoms with van der Waals surface area (Å²) in [5.74, 6) is -3.93. The standard InChI is InChI=1S/C36H54N6O8/c1-6-14-26(31(44)33(46)37-21-28(43)39-29(34(47)41(4)5)24-15-9-7-10-16-24)38-32(45)27-19-13-20-42(27)35(48)30(25-17-11-8-12-18-25)40-36(49)50-22-23(2)3/h7,9-10,15-16,23,25-27,29-30H,6,8,11-14,17-22H2,1-5H3,(H,37,46)(H,38,45)(H,39,43)(H,40,49)/t26?,27-,29?,30?/m0/s1. The van der Waals surface area contributed by atoms with E-state index in [4.69, 9.17) is 4.74 Å². The molecule has 276 valence electrons. The number of nitrogens with one attached hydrogen (secondary N) is 4. The van der Waals surface area contributed by atoms with Crippen LogP contribution in [0.25, 0.3) is 0 Å². The van der Waals surface area contributed by atoms with E-state index in [9.17, 15) is 33.6 Å². The zero-order valence-electron chi connectivity index (χ0n) is 30.0. The maximum Gasteiger partial charge on any atom is 0.407 e. The molecule has 3 unspecified atom stereocenters. The zero-order valence-corrected chi connectivity index (χ0v) is 30.0. The number of ketones is 1. The molecule has 1 aromatic carbocycles. The molecular weight excluding hydrogens is 644 g/mol. The first-order chi connectivity index (χ1) is 23.8. The molecule has 1 aromatic rings. The first-order valence-corrected chi connectivity index (χ1v) is 17.8. The quantitative estimate of drug-likeness (QED) is 0.190. The third-order valence-corrected chi connectivity index (χ3v) is 9.02. The minimum absolute atomic E-state index is 0.0913. The number of rotatable bonds is 16. The number of Topliss-reactive ketones (excluding diaryl/α,β-unsaturated/α-hetero) is 1. The second-order valence-electron chi connectivity index (χ2n) is 13.7. The Kier molecular flexibility index (Phi) is 15.7. The van der Waals surface area contributed by atoms with Crippen LogP contribution in [0, 0.1) is 11.8 Å². The van der Waals surface area contributed by atoms with Gasteiger partial charge in [0.15, 0.2) is 0 Å². The van der Waals surface area contributed by atoms with Crippen LogP contribution in [0.3, 0.4) is 0 Å². The Morgan fingerprint density at radius 2 is 1.58 bits per heavy atom. The molecule has 1 saturated carbocycles. The van der Waals surface area contributed by atoms with E-state index in [0.29, 0.717) is 31.4 Å². The van der Waals surface area contributed by atoms with Crippen LogP contribution in [-0.2, 0) is 33.5 Å². The summed E-state index contributed by atoms with van der Waals surface area (Å²) in [4.78, 5) is 94.7. The Morgan fingerprint density at radius 3 is 2.20 bits per heavy atom. The van der Waals surface area contributed by atoms with Crippen LogP contribution in [0.15, 0.2) is 30.3 Å². The van der Waals surface area contributed by atoms with Crippen molar-refractivity contribution in [2.45, 2.75) is 103 Å². The van der Waals surface area contributed by atoms with E-state index >= 15 is 0 Å². The molecule has 2 aliphatic rings. The summed E-state index contributed by atoms with van der Waals surface area (Å²) >= 11 is 0. The van der Waals surface area contributed by atoms with Crippen molar-refractivity contribution >= 4 is 41.4 Å². The van der Waals surface area contributed by atoms with Gasteiger partial charge in [-0.25, -0.2) is 4.79 Å². The van der Waals surface area contributed by atoms with Crippen molar-refractivity contribution < 1.29 is 38.3 Å². The maximum absolute atomic E-state index is 14.0. The highest BCUT2D eigenvalue weighted by Gasteiger charge is 2.42. The highest BCUT2D eigenvalue weighted by molar-refractivity contribution is 6.38. The molecule has 6 amide bonds. The summed E-state index contributed by atoms with van der Waals surface area (Å²) in [6.45, 7) is 5.58. The van der Waals surface area contributed by atoms with Crippen molar-refractivity contribution in [3.05, 3.63) is 35.9 Å². The molecule has 50 heavy (non-hydrogen) atoms. The van der Waals surface area contributed by atoms with E-state index in [0.717, 1.165) is 32.1 Å². The van der Waals surface area contributed by atoms with Gasteiger partial charge in [0.25, 0.3) is 5.91 Å². The fourth-order valence-electron chi connectivity index (χ4n) is 6.38. The maximum atomic E-state index is 14.0. The molecule has 1 saturated heterocycles. The minimum atomic E-state index is -1.18. The first-order valence-electron chi connectivity index (χ1n) is 17.8. The number of alkyl carbamates (subject to hydrolysis) is 1. The van der Waals surface area contributed by atoms with Gasteiger partial charge in [-0.3, -0.25) is 28.8 Å². The normalized spacial score (nSPS) is 18.0. The lowest BCUT2D eigenvalue weighted by Crippen LogP contribution is -2.58. The van der Waals surface area contributed by atoms with Crippen LogP contribution < -0.4 is 21.3 Å². The van der Waals surface area contributed by atoms with Crippen molar-refractivity contribution in [2.24, 2.45) is 11.8 Å². The van der Waals surface area contributed by atoms with Gasteiger partial charge in [0, 0.05) is 20.6 Å². The molecule has 4 atom stereocenters. The molecule has 14 heteroatoms. The number of ether oxygens (including phenoxy) is 1. The van der Waals surface area contributed by atoms with E-state index in [1.165, 1.54) is 9.80 Å². The number of hydrogen-bond donors (Lipinski definition) is 4. The molecule has 0 bridgehead atoms. The van der Waals surface area contributed by atoms with Gasteiger partial charge in [-0.05, 0) is 49.5 Å². The Morgan fingerprint density at radius 1 is 0.900 bits per heavy atom. The van der Waals surface area contributed by atoms with E-state index in [1.807, 2.05) is 13.8 Å². The average Bonchev–Trinajstić information content (AvgIpc) is 3.61. The number of benzene rings is 1. The van der Waals surface area contributed by atoms with Crippen LogP contribution in [0.4, 0.5) is 4.79 Å². The van der Waals surface area contributed by atoms with Crippen molar-refractivity contribution in [3.63, 3.8) is 0 Å². The van der Waals surface area contributed by atoms with Crippen LogP contribution in [0.2, 0.25) is 0 Å². The number of likely N-dealkylation sites (tertiary alicyclic amines) is 1. The third-order valence-electron chi connectivity index (χ3n) is 9.02. The van der Waals surface area contributed by atoms with Crippen LogP contribution in [0.5, 0.6) is 0 Å². The summed E-state index contributed by atoms with van der Waals surface area (Å²) in [6.07, 6.45) is 5.34. The molecule has 1 aliphatic heterocycles. The van der Waals surface area contributed by atoms with E-state index in [-0.39, 0.29) is 36.7 Å². The van der Waals surface area contributed by atoms with Crippen LogP contribution >= 0.6 is 0 Å². The predicted molar refractivity (Wildman–Crippen MR) is 185 cm³/mol. The Labute approximate surface area is 294 Å². The Balaban J connectivity index is 1.64. The van der Waals surface area contributed by atoms with Gasteiger partial charge in [-0.15, -0.1) is 0 Å². The minimum Gasteiger partial charge on any atom is -0.449 e. The number of nitrogens with zero attached hydrogens (tertiary/aromatic N) is 2. The monoisotopic (exact) mass is 698 g/mol. The van der Waals surface area contributed by atoms with E-state index in [2.05, 4.69) is 21.3 Å². The summed E-state index contributed by atoms with van der Waals surface area (Å²) in [5, 5.41) is 10.4. The second-order valence-corrected chi connectivity index (χ2v) is 13.7. The number of carbonyl (C=O) groups excluding carboxylic acids is 7. The molecule has 0 radical (unpaired) electrons. The van der Waals surface area contributed by atoms with Crippen LogP contribution in [-0.4, -0.2) is 103 Å². The summed E-state index contributed by atoms with van der Waals surface area (Å²) in [5.41, 5.74) is 0.555. The van der Waals surface area contributed by atoms with Crippen molar-refractivity contribution in [3.8, 4) is 0 Å². The van der Waals surface area contributed by atoms with Gasteiger partial charge < -0.3 is 35.8 Å². The van der Waals surface area contributed by atoms with Gasteiger partial charge in [-0.2, -0.15) is 0 Å². The number of hydrogen-bond acceptors (Lipinski definition) is 8. The smallest absolute Gasteiger partial charge is 0.407 e. The Hall–Kier alpha value is -4.49. The lowest BCUT2D eigenvalue weighted by molar-refractivity contribution is -0.143. The first kappa shape index (κ1) is 39.9. The van der Waals surface area contributed by atoms with Crippen molar-refractivity contribution in [2.75, 3.05) is 33.8 Å². The molecule has 2 fully saturated rings. The SMILES string of the molecule is CCCC(NC(=O)[C@@H]1CCCN1C(=O)C(NC(=O)OCC(C)C)C1CCCCC1)C(=O)C(=O)NCC(=O)NC(C(=O)N(C)C)c1ccccc1. The van der Waals surface area contributed by atoms with Crippen LogP contribution in [0.1, 0.15) is 90.2 Å². The number of amides is 6. The molecule has 4 N–H and O–H groups in total. The molecule has 1 aliphatic carbocycles. The second kappa shape index (κ2) is 19.6. The fraction of sp³-hybridized carbons (Fsp3) is 0.639. The molecule has 1 heterocycles. The average molecular weight is 699 g/mol. The fourth-order valence-corrected chi connectivity index (χ4v) is 6.38. The van der Waals surface area contributed by atoms with Gasteiger partial charge >= 0.3 is 6.09 Å². The number of likely N-dealkylation sites (N-methyl/N-ethyl adjacent to an activating group) is 1. The van der Waals surface area contributed by atoms with Gasteiger partial charge in [0.05, 0.1) is 19.2 Å². The molecule has 0 spiro atoms. The summed E-state index contributed by atoms with van der Waals surface area (Å²) < 4.78 is 5.32. The van der Waals surface area contributed by atoms with E-state index in [1.54, 1.807) is 51.4 Å². The zero-order chi connectivity index (χ0) is 36.8. The van der Waals surface area contributed by atoms with Crippen molar-refractivity contribution in [1.82, 2.24) is 31.1 Å². The van der Waals surface area contributed by atoms with Crippen molar-refractivity contribution in [1.29, 1.82) is 0 Å². The molecule has 0 aromatic heterocycles. The van der Waals surface area contributed by atoms with Gasteiger partial charge in [-0.1, -0.05) is 76.8 Å². The highest BCUT2D eigenvalue weighted by atomic mass is 16.5. The van der Waals surface area contributed by atoms with E-state index < -0.39 is 60.3 Å². The lowest BCUT2D eigenvalue weighted by Gasteiger charge is -2.34. The molecule has 14 nitrogen and oxygen atoms in total. The van der Waals surface area contributed by atoms with Gasteiger partial charge in [0.2, 0.25) is 29.4 Å². The summed E-state index contributed by atoms with van der Waals surface area (Å²) in [6, 6.07) is 4.74. The van der Waals surface area contributed by atoms with Gasteiger partial charge in [0.1, 0.15) is 18.1 Å². The lowest BCUT2D eigenvalue weighted by atomic mass is 9.83. The highest BCUT2D eigenvalue weighted by Crippen LogP contribution is 2.29. The largest absolute Gasteiger partial charge is 0.449 e. The topological polar surface area (TPSA) is 183 Å². The Bertz CT molecular complexity index is 1350. The molecule has 3 rings (SSSR count). The summed E-state index contributed by atoms with van der Waals surface area (Å²) in [7, 11) is 3.12. The molecular formula is C36H54N6O8. The third kappa shape index (κ3) is 11.5.